The molecule has 1 amide bonds. The van der Waals surface area contributed by atoms with E-state index in [0.29, 0.717) is 11.9 Å². The molecule has 0 aromatic heterocycles. The van der Waals surface area contributed by atoms with Gasteiger partial charge in [0.25, 0.3) is 5.91 Å². The van der Waals surface area contributed by atoms with E-state index in [1.54, 1.807) is 0 Å². The Morgan fingerprint density at radius 3 is 2.77 bits per heavy atom. The predicted octanol–water partition coefficient (Wildman–Crippen LogP) is 0.380. The number of rotatable bonds is 3. The molecule has 1 atom stereocenters. The fraction of sp³-hybridized carbons (Fsp3) is 0.778. The van der Waals surface area contributed by atoms with E-state index in [-0.39, 0.29) is 5.91 Å². The number of nitrogens with two attached hydrogens (primary N) is 1. The van der Waals surface area contributed by atoms with Crippen LogP contribution in [0, 0.1) is 5.92 Å². The van der Waals surface area contributed by atoms with E-state index in [1.165, 1.54) is 0 Å². The van der Waals surface area contributed by atoms with Crippen molar-refractivity contribution in [3.8, 4) is 0 Å². The fourth-order valence-electron chi connectivity index (χ4n) is 2.11. The van der Waals surface area contributed by atoms with Gasteiger partial charge in [-0.05, 0) is 25.2 Å². The monoisotopic (exact) mass is 181 g/mol. The van der Waals surface area contributed by atoms with Crippen molar-refractivity contribution in [3.05, 3.63) is 0 Å². The lowest BCUT2D eigenvalue weighted by Crippen LogP contribution is -2.42. The molecular weight excluding hydrogens is 166 g/mol. The van der Waals surface area contributed by atoms with Gasteiger partial charge < -0.3 is 5.73 Å². The first-order chi connectivity index (χ1) is 6.19. The predicted molar refractivity (Wildman–Crippen MR) is 50.1 cm³/mol. The van der Waals surface area contributed by atoms with Gasteiger partial charge in [-0.25, -0.2) is 4.99 Å². The second-order valence-corrected chi connectivity index (χ2v) is 3.90. The molecule has 4 nitrogen and oxygen atoms in total. The fourth-order valence-corrected chi connectivity index (χ4v) is 2.11. The molecule has 0 saturated heterocycles. The third kappa shape index (κ3) is 1.20. The van der Waals surface area contributed by atoms with E-state index in [2.05, 4.69) is 17.2 Å². The molecule has 0 radical (unpaired) electrons. The minimum Gasteiger partial charge on any atom is -0.370 e. The second-order valence-electron chi connectivity index (χ2n) is 3.90. The van der Waals surface area contributed by atoms with Gasteiger partial charge in [0.1, 0.15) is 5.54 Å². The van der Waals surface area contributed by atoms with Crippen LogP contribution in [0.25, 0.3) is 0 Å². The zero-order chi connectivity index (χ0) is 9.47. The summed E-state index contributed by atoms with van der Waals surface area (Å²) >= 11 is 0. The van der Waals surface area contributed by atoms with Crippen molar-refractivity contribution in [1.29, 1.82) is 0 Å². The average molecular weight is 181 g/mol. The molecule has 1 aliphatic heterocycles. The number of amides is 1. The molecule has 0 aromatic carbocycles. The molecule has 3 N–H and O–H groups in total. The van der Waals surface area contributed by atoms with Gasteiger partial charge in [-0.1, -0.05) is 13.3 Å². The number of guanidine groups is 1. The summed E-state index contributed by atoms with van der Waals surface area (Å²) in [7, 11) is 0. The maximum Gasteiger partial charge on any atom is 0.254 e. The van der Waals surface area contributed by atoms with E-state index >= 15 is 0 Å². The van der Waals surface area contributed by atoms with Gasteiger partial charge in [-0.3, -0.25) is 10.1 Å². The first kappa shape index (κ1) is 8.53. The Bertz CT molecular complexity index is 270. The number of carbonyl (C=O) groups excluding carboxylic acids is 1. The molecule has 0 aromatic rings. The van der Waals surface area contributed by atoms with Gasteiger partial charge in [0.05, 0.1) is 0 Å². The van der Waals surface area contributed by atoms with Crippen LogP contribution < -0.4 is 11.1 Å². The second kappa shape index (κ2) is 2.72. The zero-order valence-electron chi connectivity index (χ0n) is 7.84. The van der Waals surface area contributed by atoms with E-state index < -0.39 is 5.54 Å². The molecule has 2 aliphatic rings. The topological polar surface area (TPSA) is 67.5 Å². The quantitative estimate of drug-likeness (QED) is 0.661. The molecular formula is C9H15N3O. The average Bonchev–Trinajstić information content (AvgIpc) is 2.82. The van der Waals surface area contributed by atoms with Crippen molar-refractivity contribution in [3.63, 3.8) is 0 Å². The summed E-state index contributed by atoms with van der Waals surface area (Å²) in [6, 6.07) is 0. The van der Waals surface area contributed by atoms with Gasteiger partial charge in [0.15, 0.2) is 5.96 Å². The first-order valence-electron chi connectivity index (χ1n) is 4.86. The Morgan fingerprint density at radius 2 is 2.38 bits per heavy atom. The third-order valence-electron chi connectivity index (χ3n) is 2.84. The number of hydrogen-bond acceptors (Lipinski definition) is 3. The molecule has 1 saturated carbocycles. The molecule has 2 rings (SSSR count). The molecule has 1 heterocycles. The summed E-state index contributed by atoms with van der Waals surface area (Å²) in [4.78, 5) is 16.0. The molecule has 13 heavy (non-hydrogen) atoms. The smallest absolute Gasteiger partial charge is 0.254 e. The Kier molecular flexibility index (Phi) is 1.78. The van der Waals surface area contributed by atoms with E-state index in [9.17, 15) is 4.79 Å². The van der Waals surface area contributed by atoms with Crippen LogP contribution in [0.3, 0.4) is 0 Å². The number of hydrogen-bond donors (Lipinski definition) is 2. The lowest BCUT2D eigenvalue weighted by atomic mass is 9.89. The van der Waals surface area contributed by atoms with Crippen molar-refractivity contribution >= 4 is 11.9 Å². The summed E-state index contributed by atoms with van der Waals surface area (Å²) < 4.78 is 0. The first-order valence-corrected chi connectivity index (χ1v) is 4.86. The SMILES string of the molecule is CCCC1(C2CC2)N=C(N)NC1=O. The Hall–Kier alpha value is -1.06. The van der Waals surface area contributed by atoms with E-state index in [1.807, 2.05) is 0 Å². The molecule has 1 unspecified atom stereocenters. The summed E-state index contributed by atoms with van der Waals surface area (Å²) in [5.41, 5.74) is 5.01. The highest BCUT2D eigenvalue weighted by Gasteiger charge is 2.53. The van der Waals surface area contributed by atoms with E-state index in [4.69, 9.17) is 5.73 Å². The Morgan fingerprint density at radius 1 is 1.69 bits per heavy atom. The Labute approximate surface area is 77.6 Å². The van der Waals surface area contributed by atoms with Crippen LogP contribution in [0.4, 0.5) is 0 Å². The van der Waals surface area contributed by atoms with Gasteiger partial charge in [0.2, 0.25) is 0 Å². The third-order valence-corrected chi connectivity index (χ3v) is 2.84. The van der Waals surface area contributed by atoms with Gasteiger partial charge >= 0.3 is 0 Å². The van der Waals surface area contributed by atoms with Gasteiger partial charge in [-0.2, -0.15) is 0 Å². The molecule has 0 bridgehead atoms. The van der Waals surface area contributed by atoms with Crippen LogP contribution in [-0.2, 0) is 4.79 Å². The van der Waals surface area contributed by atoms with Crippen LogP contribution >= 0.6 is 0 Å². The number of carbonyl (C=O) groups is 1. The Balaban J connectivity index is 2.26. The van der Waals surface area contributed by atoms with E-state index in [0.717, 1.165) is 25.7 Å². The highest BCUT2D eigenvalue weighted by atomic mass is 16.2. The lowest BCUT2D eigenvalue weighted by molar-refractivity contribution is -0.124. The van der Waals surface area contributed by atoms with Crippen LogP contribution in [-0.4, -0.2) is 17.4 Å². The van der Waals surface area contributed by atoms with Crippen molar-refractivity contribution in [2.24, 2.45) is 16.6 Å². The molecule has 72 valence electrons. The van der Waals surface area contributed by atoms with Crippen molar-refractivity contribution in [2.75, 3.05) is 0 Å². The maximum absolute atomic E-state index is 11.7. The van der Waals surface area contributed by atoms with Crippen LogP contribution in [0.1, 0.15) is 32.6 Å². The summed E-state index contributed by atoms with van der Waals surface area (Å²) in [6.45, 7) is 2.07. The largest absolute Gasteiger partial charge is 0.370 e. The minimum atomic E-state index is -0.501. The van der Waals surface area contributed by atoms with Gasteiger partial charge in [-0.15, -0.1) is 0 Å². The molecule has 0 spiro atoms. The highest BCUT2D eigenvalue weighted by Crippen LogP contribution is 2.46. The van der Waals surface area contributed by atoms with Gasteiger partial charge in [0, 0.05) is 0 Å². The van der Waals surface area contributed by atoms with Crippen molar-refractivity contribution in [1.82, 2.24) is 5.32 Å². The summed E-state index contributed by atoms with van der Waals surface area (Å²) in [5, 5.41) is 2.60. The van der Waals surface area contributed by atoms with Crippen molar-refractivity contribution in [2.45, 2.75) is 38.1 Å². The minimum absolute atomic E-state index is 0.00866. The number of aliphatic imine (C=N–C) groups is 1. The van der Waals surface area contributed by atoms with Crippen LogP contribution in [0.2, 0.25) is 0 Å². The van der Waals surface area contributed by atoms with Crippen molar-refractivity contribution < 1.29 is 4.79 Å². The maximum atomic E-state index is 11.7. The highest BCUT2D eigenvalue weighted by molar-refractivity contribution is 6.07. The standard InChI is InChI=1S/C9H15N3O/c1-2-5-9(6-3-4-6)7(13)11-8(10)12-9/h6H,2-5H2,1H3,(H3,10,11,12,13). The molecule has 1 aliphatic carbocycles. The molecule has 1 fully saturated rings. The normalized spacial score (nSPS) is 33.0. The summed E-state index contributed by atoms with van der Waals surface area (Å²) in [6.07, 6.45) is 4.03. The number of nitrogens with one attached hydrogen (secondary N) is 1. The number of nitrogens with zero attached hydrogens (tertiary/aromatic N) is 1. The summed E-state index contributed by atoms with van der Waals surface area (Å²) in [5.74, 6) is 0.744. The lowest BCUT2D eigenvalue weighted by Gasteiger charge is -2.21. The zero-order valence-corrected chi connectivity index (χ0v) is 7.84. The van der Waals surface area contributed by atoms with Crippen LogP contribution in [0.5, 0.6) is 0 Å². The van der Waals surface area contributed by atoms with Crippen LogP contribution in [0.15, 0.2) is 4.99 Å². The molecule has 4 heteroatoms.